The summed E-state index contributed by atoms with van der Waals surface area (Å²) in [6, 6.07) is 0. The monoisotopic (exact) mass is 470 g/mol. The van der Waals surface area contributed by atoms with Gasteiger partial charge in [0.2, 0.25) is 5.91 Å². The molecule has 1 saturated heterocycles. The average Bonchev–Trinajstić information content (AvgIpc) is 3.07. The zero-order chi connectivity index (χ0) is 17.8. The molecule has 25 heavy (non-hydrogen) atoms. The summed E-state index contributed by atoms with van der Waals surface area (Å²) in [5.41, 5.74) is -0.488. The maximum absolute atomic E-state index is 12.0. The Balaban J connectivity index is 0.00000576. The van der Waals surface area contributed by atoms with Gasteiger partial charge in [-0.05, 0) is 40.0 Å². The van der Waals surface area contributed by atoms with Crippen molar-refractivity contribution in [1.82, 2.24) is 16.0 Å². The van der Waals surface area contributed by atoms with Crippen LogP contribution >= 0.6 is 24.0 Å². The maximum Gasteiger partial charge on any atom is 0.227 e. The largest absolute Gasteiger partial charge is 0.379 e. The third-order valence-corrected chi connectivity index (χ3v) is 3.96. The highest BCUT2D eigenvalue weighted by atomic mass is 127. The molecule has 1 aliphatic rings. The molecule has 1 fully saturated rings. The van der Waals surface area contributed by atoms with E-state index in [1.54, 1.807) is 7.05 Å². The molecule has 0 aromatic heterocycles. The second-order valence-corrected chi connectivity index (χ2v) is 6.66. The zero-order valence-electron chi connectivity index (χ0n) is 16.0. The van der Waals surface area contributed by atoms with Gasteiger partial charge >= 0.3 is 0 Å². The molecule has 0 spiro atoms. The van der Waals surface area contributed by atoms with E-state index in [9.17, 15) is 4.79 Å². The molecule has 0 aromatic rings. The van der Waals surface area contributed by atoms with Crippen LogP contribution in [0.3, 0.4) is 0 Å². The van der Waals surface area contributed by atoms with Crippen LogP contribution in [0.4, 0.5) is 0 Å². The van der Waals surface area contributed by atoms with Crippen molar-refractivity contribution in [1.29, 1.82) is 0 Å². The minimum Gasteiger partial charge on any atom is -0.379 e. The SMILES string of the molecule is CCNC(=O)C(C)(C)CNC(=NC)NCCCOCC1CCCO1.I. The fraction of sp³-hybridized carbons (Fsp3) is 0.882. The van der Waals surface area contributed by atoms with E-state index in [0.29, 0.717) is 32.3 Å². The smallest absolute Gasteiger partial charge is 0.227 e. The van der Waals surface area contributed by atoms with Crippen molar-refractivity contribution in [2.75, 3.05) is 46.5 Å². The topological polar surface area (TPSA) is 84.0 Å². The van der Waals surface area contributed by atoms with Crippen LogP contribution < -0.4 is 16.0 Å². The van der Waals surface area contributed by atoms with E-state index in [4.69, 9.17) is 9.47 Å². The van der Waals surface area contributed by atoms with E-state index in [1.807, 2.05) is 20.8 Å². The lowest BCUT2D eigenvalue weighted by atomic mass is 9.92. The summed E-state index contributed by atoms with van der Waals surface area (Å²) in [5, 5.41) is 9.29. The molecule has 1 unspecified atom stereocenters. The Morgan fingerprint density at radius 3 is 2.68 bits per heavy atom. The Morgan fingerprint density at radius 2 is 2.08 bits per heavy atom. The number of nitrogens with one attached hydrogen (secondary N) is 3. The lowest BCUT2D eigenvalue weighted by Gasteiger charge is -2.24. The van der Waals surface area contributed by atoms with E-state index in [0.717, 1.165) is 32.4 Å². The third kappa shape index (κ3) is 10.2. The average molecular weight is 470 g/mol. The molecule has 1 aliphatic heterocycles. The predicted octanol–water partition coefficient (Wildman–Crippen LogP) is 1.52. The highest BCUT2D eigenvalue weighted by Gasteiger charge is 2.27. The molecule has 7 nitrogen and oxygen atoms in total. The minimum atomic E-state index is -0.488. The van der Waals surface area contributed by atoms with Gasteiger partial charge in [-0.3, -0.25) is 9.79 Å². The molecule has 3 N–H and O–H groups in total. The number of rotatable bonds is 10. The first kappa shape index (κ1) is 24.4. The molecule has 1 heterocycles. The number of nitrogens with zero attached hydrogens (tertiary/aromatic N) is 1. The number of guanidine groups is 1. The molecular weight excluding hydrogens is 435 g/mol. The first-order valence-electron chi connectivity index (χ1n) is 8.91. The zero-order valence-corrected chi connectivity index (χ0v) is 18.4. The van der Waals surface area contributed by atoms with E-state index in [-0.39, 0.29) is 36.0 Å². The van der Waals surface area contributed by atoms with Gasteiger partial charge in [0.1, 0.15) is 0 Å². The number of ether oxygens (including phenoxy) is 2. The van der Waals surface area contributed by atoms with E-state index in [1.165, 1.54) is 0 Å². The molecule has 0 bridgehead atoms. The normalized spacial score (nSPS) is 17.8. The van der Waals surface area contributed by atoms with Crippen molar-refractivity contribution < 1.29 is 14.3 Å². The summed E-state index contributed by atoms with van der Waals surface area (Å²) in [4.78, 5) is 16.1. The van der Waals surface area contributed by atoms with Crippen LogP contribution in [0.1, 0.15) is 40.0 Å². The van der Waals surface area contributed by atoms with Gasteiger partial charge in [0.05, 0.1) is 18.1 Å². The van der Waals surface area contributed by atoms with Crippen LogP contribution in [-0.2, 0) is 14.3 Å². The highest BCUT2D eigenvalue weighted by Crippen LogP contribution is 2.13. The molecule has 8 heteroatoms. The quantitative estimate of drug-likeness (QED) is 0.195. The maximum atomic E-state index is 12.0. The van der Waals surface area contributed by atoms with Gasteiger partial charge in [-0.15, -0.1) is 24.0 Å². The fourth-order valence-corrected chi connectivity index (χ4v) is 2.38. The molecule has 0 aliphatic carbocycles. The van der Waals surface area contributed by atoms with Gasteiger partial charge in [0.15, 0.2) is 5.96 Å². The van der Waals surface area contributed by atoms with Crippen molar-refractivity contribution in [3.63, 3.8) is 0 Å². The van der Waals surface area contributed by atoms with Crippen LogP contribution in [0.5, 0.6) is 0 Å². The second kappa shape index (κ2) is 13.6. The number of carbonyl (C=O) groups excluding carboxylic acids is 1. The Hall–Kier alpha value is -0.610. The summed E-state index contributed by atoms with van der Waals surface area (Å²) in [6.45, 7) is 9.94. The van der Waals surface area contributed by atoms with Gasteiger partial charge in [-0.2, -0.15) is 0 Å². The second-order valence-electron chi connectivity index (χ2n) is 6.66. The van der Waals surface area contributed by atoms with Crippen LogP contribution in [0, 0.1) is 5.41 Å². The highest BCUT2D eigenvalue weighted by molar-refractivity contribution is 14.0. The summed E-state index contributed by atoms with van der Waals surface area (Å²) in [7, 11) is 1.72. The summed E-state index contributed by atoms with van der Waals surface area (Å²) in [5.74, 6) is 0.738. The number of hydrogen-bond donors (Lipinski definition) is 3. The molecule has 1 rings (SSSR count). The Labute approximate surface area is 169 Å². The Morgan fingerprint density at radius 1 is 1.32 bits per heavy atom. The molecule has 1 atom stereocenters. The lowest BCUT2D eigenvalue weighted by Crippen LogP contribution is -2.48. The molecule has 0 saturated carbocycles. The van der Waals surface area contributed by atoms with Crippen molar-refractivity contribution >= 4 is 35.8 Å². The van der Waals surface area contributed by atoms with Crippen molar-refractivity contribution in [2.45, 2.75) is 46.1 Å². The number of carbonyl (C=O) groups is 1. The number of hydrogen-bond acceptors (Lipinski definition) is 4. The van der Waals surface area contributed by atoms with Crippen LogP contribution in [-0.4, -0.2) is 64.5 Å². The Kier molecular flexibility index (Phi) is 13.2. The van der Waals surface area contributed by atoms with Gasteiger partial charge in [0, 0.05) is 39.9 Å². The summed E-state index contributed by atoms with van der Waals surface area (Å²) >= 11 is 0. The third-order valence-electron chi connectivity index (χ3n) is 3.96. The molecular formula is C17H35IN4O3. The van der Waals surface area contributed by atoms with Crippen molar-refractivity contribution in [2.24, 2.45) is 10.4 Å². The fourth-order valence-electron chi connectivity index (χ4n) is 2.38. The molecule has 0 aromatic carbocycles. The van der Waals surface area contributed by atoms with Gasteiger partial charge in [-0.25, -0.2) is 0 Å². The number of amides is 1. The van der Waals surface area contributed by atoms with Gasteiger partial charge in [-0.1, -0.05) is 0 Å². The lowest BCUT2D eigenvalue weighted by molar-refractivity contribution is -0.128. The first-order valence-corrected chi connectivity index (χ1v) is 8.91. The van der Waals surface area contributed by atoms with Crippen LogP contribution in [0.25, 0.3) is 0 Å². The van der Waals surface area contributed by atoms with E-state index < -0.39 is 5.41 Å². The van der Waals surface area contributed by atoms with Crippen molar-refractivity contribution in [3.05, 3.63) is 0 Å². The number of aliphatic imine (C=N–C) groups is 1. The van der Waals surface area contributed by atoms with Crippen molar-refractivity contribution in [3.8, 4) is 0 Å². The standard InChI is InChI=1S/C17H34N4O3.HI/c1-5-19-15(22)17(2,3)13-21-16(18-4)20-9-7-10-23-12-14-8-6-11-24-14;/h14H,5-13H2,1-4H3,(H,19,22)(H2,18,20,21);1H. The summed E-state index contributed by atoms with van der Waals surface area (Å²) < 4.78 is 11.1. The van der Waals surface area contributed by atoms with Crippen LogP contribution in [0.15, 0.2) is 4.99 Å². The molecule has 1 amide bonds. The minimum absolute atomic E-state index is 0. The van der Waals surface area contributed by atoms with Gasteiger partial charge in [0.25, 0.3) is 0 Å². The van der Waals surface area contributed by atoms with Crippen LogP contribution in [0.2, 0.25) is 0 Å². The molecule has 148 valence electrons. The molecule has 0 radical (unpaired) electrons. The van der Waals surface area contributed by atoms with Gasteiger partial charge < -0.3 is 25.4 Å². The summed E-state index contributed by atoms with van der Waals surface area (Å²) in [6.07, 6.45) is 3.43. The number of halogens is 1. The first-order chi connectivity index (χ1) is 11.5. The predicted molar refractivity (Wildman–Crippen MR) is 112 cm³/mol. The Bertz CT molecular complexity index is 399. The van der Waals surface area contributed by atoms with E-state index >= 15 is 0 Å². The van der Waals surface area contributed by atoms with E-state index in [2.05, 4.69) is 20.9 Å².